The van der Waals surface area contributed by atoms with Crippen LogP contribution in [0.15, 0.2) is 30.3 Å². The summed E-state index contributed by atoms with van der Waals surface area (Å²) in [5.41, 5.74) is 1.45. The quantitative estimate of drug-likeness (QED) is 0.472. The Bertz CT molecular complexity index is 444. The normalized spacial score (nSPS) is 16.4. The van der Waals surface area contributed by atoms with Crippen LogP contribution in [0.1, 0.15) is 67.9 Å². The molecule has 21 heavy (non-hydrogen) atoms. The predicted molar refractivity (Wildman–Crippen MR) is 105 cm³/mol. The van der Waals surface area contributed by atoms with Crippen molar-refractivity contribution in [3.8, 4) is 0 Å². The molecule has 0 aromatic heterocycles. The summed E-state index contributed by atoms with van der Waals surface area (Å²) in [4.78, 5) is 0. The van der Waals surface area contributed by atoms with Gasteiger partial charge in [-0.1, -0.05) is 0 Å². The first-order chi connectivity index (χ1) is 9.16. The Kier molecular flexibility index (Phi) is 4.88. The van der Waals surface area contributed by atoms with Crippen molar-refractivity contribution in [2.75, 3.05) is 0 Å². The van der Waals surface area contributed by atoms with E-state index in [4.69, 9.17) is 0 Å². The van der Waals surface area contributed by atoms with Crippen LogP contribution >= 0.6 is 20.8 Å². The number of halogens is 1. The molecule has 1 aromatic carbocycles. The van der Waals surface area contributed by atoms with Crippen LogP contribution in [0.3, 0.4) is 0 Å². The van der Waals surface area contributed by atoms with Crippen molar-refractivity contribution in [2.45, 2.75) is 83.9 Å². The molecule has 0 aliphatic rings. The van der Waals surface area contributed by atoms with Crippen molar-refractivity contribution in [1.82, 2.24) is 0 Å². The second-order valence-corrected chi connectivity index (χ2v) is 20.7. The molecule has 0 atom stereocenters. The van der Waals surface area contributed by atoms with Gasteiger partial charge in [0.15, 0.2) is 0 Å². The van der Waals surface area contributed by atoms with Crippen LogP contribution in [0.2, 0.25) is 0 Å². The Morgan fingerprint density at radius 3 is 1.33 bits per heavy atom. The standard InChI is InChI=1S/C19H34BrP/c1-17(2,3)21(20,18(4,5)6,19(7,8)9)15-16-13-11-10-12-14-16/h10-14H,15H2,1-9H3. The van der Waals surface area contributed by atoms with E-state index in [0.29, 0.717) is 0 Å². The first kappa shape index (κ1) is 19.2. The van der Waals surface area contributed by atoms with Crippen LogP contribution in [0.5, 0.6) is 0 Å². The summed E-state index contributed by atoms with van der Waals surface area (Å²) in [6, 6.07) is 11.0. The molecule has 0 heterocycles. The van der Waals surface area contributed by atoms with Crippen LogP contribution < -0.4 is 0 Å². The van der Waals surface area contributed by atoms with E-state index in [1.54, 1.807) is 0 Å². The van der Waals surface area contributed by atoms with Gasteiger partial charge in [-0.05, 0) is 0 Å². The van der Waals surface area contributed by atoms with Crippen molar-refractivity contribution in [3.63, 3.8) is 0 Å². The van der Waals surface area contributed by atoms with Gasteiger partial charge >= 0.3 is 141 Å². The maximum atomic E-state index is 4.52. The predicted octanol–water partition coefficient (Wildman–Crippen LogP) is 7.45. The van der Waals surface area contributed by atoms with Gasteiger partial charge in [-0.3, -0.25) is 0 Å². The second-order valence-electron chi connectivity index (χ2n) is 9.34. The molecular weight excluding hydrogens is 339 g/mol. The summed E-state index contributed by atoms with van der Waals surface area (Å²) in [5.74, 6) is 0. The zero-order chi connectivity index (χ0) is 16.8. The van der Waals surface area contributed by atoms with Crippen LogP contribution in [0.4, 0.5) is 0 Å². The summed E-state index contributed by atoms with van der Waals surface area (Å²) < 4.78 is 0. The molecule has 0 spiro atoms. The summed E-state index contributed by atoms with van der Waals surface area (Å²) >= 11 is 4.52. The zero-order valence-electron chi connectivity index (χ0n) is 15.4. The van der Waals surface area contributed by atoms with Gasteiger partial charge in [0.1, 0.15) is 0 Å². The Morgan fingerprint density at radius 2 is 1.05 bits per heavy atom. The van der Waals surface area contributed by atoms with Crippen LogP contribution in [0, 0.1) is 0 Å². The second kappa shape index (κ2) is 5.34. The topological polar surface area (TPSA) is 0 Å². The monoisotopic (exact) mass is 372 g/mol. The molecule has 1 rings (SSSR count). The van der Waals surface area contributed by atoms with Crippen molar-refractivity contribution in [1.29, 1.82) is 0 Å². The Morgan fingerprint density at radius 1 is 0.714 bits per heavy atom. The van der Waals surface area contributed by atoms with Gasteiger partial charge < -0.3 is 0 Å². The van der Waals surface area contributed by atoms with E-state index in [0.717, 1.165) is 6.16 Å². The molecule has 0 N–H and O–H groups in total. The van der Waals surface area contributed by atoms with Gasteiger partial charge in [-0.25, -0.2) is 0 Å². The third-order valence-electron chi connectivity index (χ3n) is 5.52. The maximum absolute atomic E-state index is 4.52. The zero-order valence-corrected chi connectivity index (χ0v) is 17.9. The van der Waals surface area contributed by atoms with E-state index in [1.807, 2.05) is 0 Å². The molecule has 0 saturated carbocycles. The van der Waals surface area contributed by atoms with Crippen molar-refractivity contribution < 1.29 is 0 Å². The molecular formula is C19H34BrP. The van der Waals surface area contributed by atoms with Crippen molar-refractivity contribution >= 4 is 20.8 Å². The third-order valence-corrected chi connectivity index (χ3v) is 25.2. The number of benzene rings is 1. The minimum atomic E-state index is -2.33. The summed E-state index contributed by atoms with van der Waals surface area (Å²) in [6.45, 7) is 21.9. The Balaban J connectivity index is 3.71. The van der Waals surface area contributed by atoms with Gasteiger partial charge in [0.2, 0.25) is 0 Å². The number of hydrogen-bond donors (Lipinski definition) is 0. The van der Waals surface area contributed by atoms with E-state index in [9.17, 15) is 0 Å². The molecule has 0 radical (unpaired) electrons. The van der Waals surface area contributed by atoms with Crippen molar-refractivity contribution in [2.24, 2.45) is 0 Å². The third kappa shape index (κ3) is 2.63. The number of hydrogen-bond acceptors (Lipinski definition) is 0. The van der Waals surface area contributed by atoms with Crippen LogP contribution in [0.25, 0.3) is 0 Å². The molecule has 0 aliphatic carbocycles. The Hall–Kier alpha value is 0.130. The average molecular weight is 373 g/mol. The SMILES string of the molecule is CC(C)(C)P(Br)(Cc1ccccc1)(C(C)(C)C)C(C)(C)C. The summed E-state index contributed by atoms with van der Waals surface area (Å²) in [6.07, 6.45) is 1.14. The van der Waals surface area contributed by atoms with Gasteiger partial charge in [-0.2, -0.15) is 0 Å². The molecule has 0 fully saturated rings. The molecule has 0 saturated heterocycles. The fourth-order valence-electron chi connectivity index (χ4n) is 4.66. The van der Waals surface area contributed by atoms with E-state index in [1.165, 1.54) is 5.56 Å². The van der Waals surface area contributed by atoms with Crippen LogP contribution in [-0.2, 0) is 6.16 Å². The fraction of sp³-hybridized carbons (Fsp3) is 0.684. The molecule has 2 heteroatoms. The first-order valence-electron chi connectivity index (χ1n) is 7.92. The molecule has 0 unspecified atom stereocenters. The summed E-state index contributed by atoms with van der Waals surface area (Å²) in [7, 11) is 0. The average Bonchev–Trinajstić information content (AvgIpc) is 2.25. The van der Waals surface area contributed by atoms with Gasteiger partial charge in [-0.15, -0.1) is 0 Å². The first-order valence-corrected chi connectivity index (χ1v) is 12.4. The van der Waals surface area contributed by atoms with Gasteiger partial charge in [0.05, 0.1) is 0 Å². The molecule has 0 nitrogen and oxygen atoms in total. The van der Waals surface area contributed by atoms with E-state index in [2.05, 4.69) is 108 Å². The fourth-order valence-corrected chi connectivity index (χ4v) is 13.9. The van der Waals surface area contributed by atoms with E-state index in [-0.39, 0.29) is 15.5 Å². The molecule has 0 bridgehead atoms. The number of rotatable bonds is 2. The van der Waals surface area contributed by atoms with Gasteiger partial charge in [0.25, 0.3) is 0 Å². The molecule has 1 aromatic rings. The van der Waals surface area contributed by atoms with E-state index < -0.39 is 5.31 Å². The molecule has 0 amide bonds. The van der Waals surface area contributed by atoms with Crippen molar-refractivity contribution in [3.05, 3.63) is 35.9 Å². The van der Waals surface area contributed by atoms with Gasteiger partial charge in [0, 0.05) is 0 Å². The minimum absolute atomic E-state index is 0.220. The molecule has 122 valence electrons. The Labute approximate surface area is 140 Å². The van der Waals surface area contributed by atoms with E-state index >= 15 is 0 Å². The van der Waals surface area contributed by atoms with Crippen LogP contribution in [-0.4, -0.2) is 15.5 Å². The molecule has 0 aliphatic heterocycles. The summed E-state index contributed by atoms with van der Waals surface area (Å²) in [5, 5.41) is -1.67.